The van der Waals surface area contributed by atoms with Gasteiger partial charge in [0.05, 0.1) is 5.92 Å². The highest BCUT2D eigenvalue weighted by atomic mass is 32.2. The lowest BCUT2D eigenvalue weighted by molar-refractivity contribution is -0.135. The van der Waals surface area contributed by atoms with E-state index in [1.54, 1.807) is 12.3 Å². The average molecular weight is 309 g/mol. The van der Waals surface area contributed by atoms with E-state index in [1.165, 1.54) is 6.07 Å². The topological polar surface area (TPSA) is 36.4 Å². The molecule has 114 valence electrons. The van der Waals surface area contributed by atoms with E-state index in [4.69, 9.17) is 0 Å². The third kappa shape index (κ3) is 3.31. The van der Waals surface area contributed by atoms with Crippen molar-refractivity contribution in [2.24, 2.45) is 5.92 Å². The van der Waals surface area contributed by atoms with Gasteiger partial charge in [0.2, 0.25) is 5.91 Å². The van der Waals surface area contributed by atoms with Gasteiger partial charge >= 0.3 is 0 Å². The first-order chi connectivity index (χ1) is 10.3. The van der Waals surface area contributed by atoms with Gasteiger partial charge in [-0.15, -0.1) is 0 Å². The van der Waals surface area contributed by atoms with Crippen LogP contribution < -0.4 is 4.90 Å². The molecule has 2 aliphatic heterocycles. The minimum absolute atomic E-state index is 0.0248. The highest BCUT2D eigenvalue weighted by molar-refractivity contribution is 7.99. The lowest BCUT2D eigenvalue weighted by Crippen LogP contribution is -2.47. The molecule has 0 radical (unpaired) electrons. The van der Waals surface area contributed by atoms with Crippen LogP contribution in [0.4, 0.5) is 10.2 Å². The standard InChI is InChI=1S/C15H20FN3OS/c16-13-4-1-5-17-14(13)19-6-2-3-12(11-19)15(20)18-7-9-21-10-8-18/h1,4-5,12H,2-3,6-11H2. The second-order valence-corrected chi connectivity index (χ2v) is 6.76. The fourth-order valence-electron chi connectivity index (χ4n) is 3.02. The Labute approximate surface area is 128 Å². The van der Waals surface area contributed by atoms with Crippen LogP contribution >= 0.6 is 11.8 Å². The SMILES string of the molecule is O=C(C1CCCN(c2ncccc2F)C1)N1CCSCC1. The molecule has 3 rings (SSSR count). The fraction of sp³-hybridized carbons (Fsp3) is 0.600. The molecule has 2 fully saturated rings. The maximum atomic E-state index is 13.9. The third-order valence-corrected chi connectivity index (χ3v) is 5.07. The van der Waals surface area contributed by atoms with Crippen molar-refractivity contribution in [2.45, 2.75) is 12.8 Å². The van der Waals surface area contributed by atoms with Crippen LogP contribution in [-0.2, 0) is 4.79 Å². The number of rotatable bonds is 2. The Morgan fingerprint density at radius 1 is 1.33 bits per heavy atom. The maximum absolute atomic E-state index is 13.9. The van der Waals surface area contributed by atoms with E-state index in [2.05, 4.69) is 4.98 Å². The Morgan fingerprint density at radius 2 is 2.14 bits per heavy atom. The number of piperidine rings is 1. The molecule has 0 aliphatic carbocycles. The van der Waals surface area contributed by atoms with Crippen LogP contribution in [0.5, 0.6) is 0 Å². The van der Waals surface area contributed by atoms with Crippen molar-refractivity contribution in [1.29, 1.82) is 0 Å². The van der Waals surface area contributed by atoms with Gasteiger partial charge in [-0.25, -0.2) is 9.37 Å². The molecule has 4 nitrogen and oxygen atoms in total. The first kappa shape index (κ1) is 14.6. The zero-order valence-electron chi connectivity index (χ0n) is 12.0. The zero-order chi connectivity index (χ0) is 14.7. The summed E-state index contributed by atoms with van der Waals surface area (Å²) in [5.74, 6) is 2.33. The summed E-state index contributed by atoms with van der Waals surface area (Å²) in [5, 5.41) is 0. The number of thioether (sulfide) groups is 1. The van der Waals surface area contributed by atoms with Gasteiger partial charge in [-0.1, -0.05) is 0 Å². The summed E-state index contributed by atoms with van der Waals surface area (Å²) in [6, 6.07) is 3.02. The number of aromatic nitrogens is 1. The predicted molar refractivity (Wildman–Crippen MR) is 83.0 cm³/mol. The van der Waals surface area contributed by atoms with Gasteiger partial charge in [0, 0.05) is 43.9 Å². The van der Waals surface area contributed by atoms with Crippen molar-refractivity contribution in [3.8, 4) is 0 Å². The Morgan fingerprint density at radius 3 is 2.90 bits per heavy atom. The molecule has 2 aliphatic rings. The van der Waals surface area contributed by atoms with Crippen LogP contribution in [0.3, 0.4) is 0 Å². The summed E-state index contributed by atoms with van der Waals surface area (Å²) in [4.78, 5) is 20.6. The molecular weight excluding hydrogens is 289 g/mol. The molecule has 1 aromatic rings. The molecule has 1 unspecified atom stereocenters. The summed E-state index contributed by atoms with van der Waals surface area (Å²) in [7, 11) is 0. The van der Waals surface area contributed by atoms with Gasteiger partial charge in [-0.2, -0.15) is 11.8 Å². The molecule has 0 bridgehead atoms. The number of pyridine rings is 1. The number of halogens is 1. The summed E-state index contributed by atoms with van der Waals surface area (Å²) in [5.41, 5.74) is 0. The summed E-state index contributed by atoms with van der Waals surface area (Å²) < 4.78 is 13.9. The number of nitrogens with zero attached hydrogens (tertiary/aromatic N) is 3. The number of carbonyl (C=O) groups excluding carboxylic acids is 1. The van der Waals surface area contributed by atoms with Crippen LogP contribution in [-0.4, -0.2) is 53.5 Å². The minimum Gasteiger partial charge on any atom is -0.353 e. The molecule has 0 spiro atoms. The van der Waals surface area contributed by atoms with Gasteiger partial charge in [0.1, 0.15) is 0 Å². The van der Waals surface area contributed by atoms with Crippen molar-refractivity contribution < 1.29 is 9.18 Å². The van der Waals surface area contributed by atoms with E-state index < -0.39 is 0 Å². The number of amides is 1. The molecule has 0 aromatic carbocycles. The number of hydrogen-bond donors (Lipinski definition) is 0. The second kappa shape index (κ2) is 6.64. The van der Waals surface area contributed by atoms with Gasteiger partial charge in [-0.3, -0.25) is 4.79 Å². The second-order valence-electron chi connectivity index (χ2n) is 5.53. The largest absolute Gasteiger partial charge is 0.353 e. The Kier molecular flexibility index (Phi) is 4.63. The normalized spacial score (nSPS) is 23.2. The third-order valence-electron chi connectivity index (χ3n) is 4.13. The quantitative estimate of drug-likeness (QED) is 0.837. The van der Waals surface area contributed by atoms with E-state index in [9.17, 15) is 9.18 Å². The van der Waals surface area contributed by atoms with E-state index in [-0.39, 0.29) is 17.6 Å². The van der Waals surface area contributed by atoms with Crippen LogP contribution in [0.25, 0.3) is 0 Å². The fourth-order valence-corrected chi connectivity index (χ4v) is 3.93. The smallest absolute Gasteiger partial charge is 0.227 e. The maximum Gasteiger partial charge on any atom is 0.227 e. The van der Waals surface area contributed by atoms with Crippen molar-refractivity contribution in [3.63, 3.8) is 0 Å². The Balaban J connectivity index is 1.68. The van der Waals surface area contributed by atoms with E-state index >= 15 is 0 Å². The molecule has 2 saturated heterocycles. The lowest BCUT2D eigenvalue weighted by Gasteiger charge is -2.36. The van der Waals surface area contributed by atoms with Crippen molar-refractivity contribution >= 4 is 23.5 Å². The molecule has 0 saturated carbocycles. The first-order valence-corrected chi connectivity index (χ1v) is 8.63. The van der Waals surface area contributed by atoms with Crippen molar-refractivity contribution in [1.82, 2.24) is 9.88 Å². The van der Waals surface area contributed by atoms with Crippen LogP contribution in [0, 0.1) is 11.7 Å². The summed E-state index contributed by atoms with van der Waals surface area (Å²) >= 11 is 1.90. The molecule has 6 heteroatoms. The zero-order valence-corrected chi connectivity index (χ0v) is 12.8. The van der Waals surface area contributed by atoms with E-state index in [0.29, 0.717) is 12.4 Å². The molecule has 1 amide bonds. The van der Waals surface area contributed by atoms with Crippen molar-refractivity contribution in [2.75, 3.05) is 42.6 Å². The van der Waals surface area contributed by atoms with Crippen LogP contribution in [0.2, 0.25) is 0 Å². The highest BCUT2D eigenvalue weighted by Crippen LogP contribution is 2.25. The first-order valence-electron chi connectivity index (χ1n) is 7.47. The Hall–Kier alpha value is -1.30. The molecule has 1 atom stereocenters. The molecule has 3 heterocycles. The lowest BCUT2D eigenvalue weighted by atomic mass is 9.96. The summed E-state index contributed by atoms with van der Waals surface area (Å²) in [6.07, 6.45) is 3.41. The van der Waals surface area contributed by atoms with Crippen LogP contribution in [0.15, 0.2) is 18.3 Å². The molecule has 21 heavy (non-hydrogen) atoms. The Bertz CT molecular complexity index is 507. The van der Waals surface area contributed by atoms with Gasteiger partial charge in [-0.05, 0) is 25.0 Å². The number of anilines is 1. The minimum atomic E-state index is -0.306. The van der Waals surface area contributed by atoms with Gasteiger partial charge in [0.25, 0.3) is 0 Å². The average Bonchev–Trinajstić information content (AvgIpc) is 2.55. The van der Waals surface area contributed by atoms with E-state index in [1.807, 2.05) is 21.6 Å². The monoisotopic (exact) mass is 309 g/mol. The molecule has 0 N–H and O–H groups in total. The van der Waals surface area contributed by atoms with E-state index in [0.717, 1.165) is 44.0 Å². The van der Waals surface area contributed by atoms with Crippen molar-refractivity contribution in [3.05, 3.63) is 24.1 Å². The molecular formula is C15H20FN3OS. The summed E-state index contributed by atoms with van der Waals surface area (Å²) in [6.45, 7) is 3.04. The van der Waals surface area contributed by atoms with Crippen LogP contribution in [0.1, 0.15) is 12.8 Å². The number of carbonyl (C=O) groups is 1. The highest BCUT2D eigenvalue weighted by Gasteiger charge is 2.31. The van der Waals surface area contributed by atoms with Gasteiger partial charge in [0.15, 0.2) is 11.6 Å². The number of hydrogen-bond acceptors (Lipinski definition) is 4. The molecule has 1 aromatic heterocycles. The van der Waals surface area contributed by atoms with Gasteiger partial charge < -0.3 is 9.80 Å². The predicted octanol–water partition coefficient (Wildman–Crippen LogP) is 2.01.